The van der Waals surface area contributed by atoms with E-state index in [-0.39, 0.29) is 17.6 Å². The van der Waals surface area contributed by atoms with Crippen LogP contribution in [-0.2, 0) is 0 Å². The molecular formula is C16H18N4O2. The molecule has 6 heteroatoms. The van der Waals surface area contributed by atoms with Gasteiger partial charge in [-0.3, -0.25) is 19.6 Å². The lowest BCUT2D eigenvalue weighted by Crippen LogP contribution is -2.34. The Morgan fingerprint density at radius 2 is 1.82 bits per heavy atom. The van der Waals surface area contributed by atoms with Crippen LogP contribution in [0.3, 0.4) is 0 Å². The highest BCUT2D eigenvalue weighted by atomic mass is 16.1. The summed E-state index contributed by atoms with van der Waals surface area (Å²) in [5.41, 5.74) is 7.45. The van der Waals surface area contributed by atoms with Crippen LogP contribution in [0, 0.1) is 5.92 Å². The van der Waals surface area contributed by atoms with Gasteiger partial charge in [-0.15, -0.1) is 0 Å². The number of pyridine rings is 2. The van der Waals surface area contributed by atoms with E-state index < -0.39 is 6.17 Å². The standard InChI is InChI=1S/C16H18N4O2/c1-10(2)14(21)13-4-3-12(9-19-13)15(17)20-16(22)11-5-7-18-8-6-11/h3-10,15H,17H2,1-2H3,(H,20,22). The van der Waals surface area contributed by atoms with Crippen LogP contribution in [0.2, 0.25) is 0 Å². The van der Waals surface area contributed by atoms with Crippen LogP contribution in [0.1, 0.15) is 46.4 Å². The summed E-state index contributed by atoms with van der Waals surface area (Å²) >= 11 is 0. The van der Waals surface area contributed by atoms with Crippen molar-refractivity contribution < 1.29 is 9.59 Å². The number of hydrogen-bond donors (Lipinski definition) is 2. The van der Waals surface area contributed by atoms with E-state index >= 15 is 0 Å². The van der Waals surface area contributed by atoms with Crippen molar-refractivity contribution in [2.75, 3.05) is 0 Å². The number of hydrogen-bond acceptors (Lipinski definition) is 5. The van der Waals surface area contributed by atoms with Gasteiger partial charge in [0, 0.05) is 35.6 Å². The van der Waals surface area contributed by atoms with Crippen molar-refractivity contribution in [2.45, 2.75) is 20.0 Å². The largest absolute Gasteiger partial charge is 0.333 e. The summed E-state index contributed by atoms with van der Waals surface area (Å²) in [6.45, 7) is 3.64. The number of Topliss-reactive ketones (excluding diaryl/α,β-unsaturated/α-hetero) is 1. The number of carbonyl (C=O) groups is 2. The van der Waals surface area contributed by atoms with Crippen molar-refractivity contribution in [3.63, 3.8) is 0 Å². The molecule has 0 saturated carbocycles. The van der Waals surface area contributed by atoms with E-state index in [1.165, 1.54) is 18.6 Å². The molecule has 0 fully saturated rings. The highest BCUT2D eigenvalue weighted by Crippen LogP contribution is 2.11. The third kappa shape index (κ3) is 3.73. The van der Waals surface area contributed by atoms with Gasteiger partial charge < -0.3 is 11.1 Å². The third-order valence-electron chi connectivity index (χ3n) is 3.15. The monoisotopic (exact) mass is 298 g/mol. The van der Waals surface area contributed by atoms with Crippen molar-refractivity contribution in [1.29, 1.82) is 0 Å². The molecule has 6 nitrogen and oxygen atoms in total. The minimum Gasteiger partial charge on any atom is -0.333 e. The predicted octanol–water partition coefficient (Wildman–Crippen LogP) is 1.70. The summed E-state index contributed by atoms with van der Waals surface area (Å²) in [4.78, 5) is 31.8. The molecule has 1 unspecified atom stereocenters. The molecule has 3 N–H and O–H groups in total. The molecule has 0 aliphatic heterocycles. The Morgan fingerprint density at radius 1 is 1.14 bits per heavy atom. The number of nitrogens with two attached hydrogens (primary N) is 1. The number of nitrogens with zero attached hydrogens (tertiary/aromatic N) is 2. The predicted molar refractivity (Wildman–Crippen MR) is 82.0 cm³/mol. The second-order valence-electron chi connectivity index (χ2n) is 5.18. The summed E-state index contributed by atoms with van der Waals surface area (Å²) in [6.07, 6.45) is 3.88. The van der Waals surface area contributed by atoms with Gasteiger partial charge in [0.2, 0.25) is 0 Å². The molecule has 2 heterocycles. The molecule has 22 heavy (non-hydrogen) atoms. The molecule has 0 radical (unpaired) electrons. The summed E-state index contributed by atoms with van der Waals surface area (Å²) in [5.74, 6) is -0.434. The number of rotatable bonds is 5. The lowest BCUT2D eigenvalue weighted by atomic mass is 10.1. The fourth-order valence-electron chi connectivity index (χ4n) is 1.84. The normalized spacial score (nSPS) is 12.0. The SMILES string of the molecule is CC(C)C(=O)c1ccc(C(N)NC(=O)c2ccncc2)cn1. The highest BCUT2D eigenvalue weighted by Gasteiger charge is 2.15. The van der Waals surface area contributed by atoms with E-state index in [0.717, 1.165) is 0 Å². The first kappa shape index (κ1) is 15.8. The Labute approximate surface area is 128 Å². The van der Waals surface area contributed by atoms with E-state index in [1.54, 1.807) is 24.3 Å². The van der Waals surface area contributed by atoms with Gasteiger partial charge in [-0.05, 0) is 18.2 Å². The number of carbonyl (C=O) groups excluding carboxylic acids is 2. The van der Waals surface area contributed by atoms with Crippen LogP contribution in [-0.4, -0.2) is 21.7 Å². The average molecular weight is 298 g/mol. The van der Waals surface area contributed by atoms with Gasteiger partial charge in [0.1, 0.15) is 11.9 Å². The van der Waals surface area contributed by atoms with Crippen molar-refractivity contribution >= 4 is 11.7 Å². The molecule has 2 aromatic rings. The Kier molecular flexibility index (Phi) is 4.95. The van der Waals surface area contributed by atoms with Crippen molar-refractivity contribution in [1.82, 2.24) is 15.3 Å². The summed E-state index contributed by atoms with van der Waals surface area (Å²) in [7, 11) is 0. The first-order chi connectivity index (χ1) is 10.5. The van der Waals surface area contributed by atoms with Crippen molar-refractivity contribution in [3.8, 4) is 0 Å². The highest BCUT2D eigenvalue weighted by molar-refractivity contribution is 5.95. The zero-order valence-corrected chi connectivity index (χ0v) is 12.5. The molecule has 2 aromatic heterocycles. The van der Waals surface area contributed by atoms with Gasteiger partial charge in [-0.1, -0.05) is 19.9 Å². The fourth-order valence-corrected chi connectivity index (χ4v) is 1.84. The van der Waals surface area contributed by atoms with E-state index in [1.807, 2.05) is 13.8 Å². The van der Waals surface area contributed by atoms with E-state index in [2.05, 4.69) is 15.3 Å². The number of nitrogens with one attached hydrogen (secondary N) is 1. The van der Waals surface area contributed by atoms with E-state index in [9.17, 15) is 9.59 Å². The van der Waals surface area contributed by atoms with Gasteiger partial charge in [-0.25, -0.2) is 0 Å². The molecule has 2 rings (SSSR count). The second kappa shape index (κ2) is 6.91. The number of ketones is 1. The average Bonchev–Trinajstić information content (AvgIpc) is 2.55. The van der Waals surface area contributed by atoms with Crippen LogP contribution < -0.4 is 11.1 Å². The van der Waals surface area contributed by atoms with Crippen LogP contribution in [0.5, 0.6) is 0 Å². The lowest BCUT2D eigenvalue weighted by Gasteiger charge is -2.14. The summed E-state index contributed by atoms with van der Waals surface area (Å²) < 4.78 is 0. The van der Waals surface area contributed by atoms with Crippen LogP contribution in [0.15, 0.2) is 42.9 Å². The minimum atomic E-state index is -0.698. The zero-order chi connectivity index (χ0) is 16.1. The molecule has 0 aliphatic rings. The summed E-state index contributed by atoms with van der Waals surface area (Å²) in [6, 6.07) is 6.52. The quantitative estimate of drug-likeness (QED) is 0.646. The third-order valence-corrected chi connectivity index (χ3v) is 3.15. The van der Waals surface area contributed by atoms with Crippen molar-refractivity contribution in [3.05, 3.63) is 59.7 Å². The first-order valence-electron chi connectivity index (χ1n) is 6.95. The molecule has 114 valence electrons. The maximum Gasteiger partial charge on any atom is 0.252 e. The van der Waals surface area contributed by atoms with Crippen LogP contribution in [0.4, 0.5) is 0 Å². The maximum absolute atomic E-state index is 12.0. The Hall–Kier alpha value is -2.60. The number of amides is 1. The van der Waals surface area contributed by atoms with Gasteiger partial charge in [0.05, 0.1) is 0 Å². The summed E-state index contributed by atoms with van der Waals surface area (Å²) in [5, 5.41) is 2.67. The van der Waals surface area contributed by atoms with Crippen molar-refractivity contribution in [2.24, 2.45) is 11.7 Å². The smallest absolute Gasteiger partial charge is 0.252 e. The molecule has 0 aromatic carbocycles. The first-order valence-corrected chi connectivity index (χ1v) is 6.95. The molecule has 0 spiro atoms. The minimum absolute atomic E-state index is 0.0269. The Balaban J connectivity index is 2.05. The molecule has 1 amide bonds. The zero-order valence-electron chi connectivity index (χ0n) is 12.5. The molecule has 1 atom stereocenters. The molecule has 0 aliphatic carbocycles. The molecule has 0 bridgehead atoms. The second-order valence-corrected chi connectivity index (χ2v) is 5.18. The topological polar surface area (TPSA) is 98.0 Å². The molecular weight excluding hydrogens is 280 g/mol. The van der Waals surface area contributed by atoms with Gasteiger partial charge >= 0.3 is 0 Å². The Morgan fingerprint density at radius 3 is 2.36 bits per heavy atom. The number of aromatic nitrogens is 2. The van der Waals surface area contributed by atoms with Crippen LogP contribution in [0.25, 0.3) is 0 Å². The fraction of sp³-hybridized carbons (Fsp3) is 0.250. The lowest BCUT2D eigenvalue weighted by molar-refractivity contribution is 0.0926. The Bertz CT molecular complexity index is 654. The van der Waals surface area contributed by atoms with E-state index in [0.29, 0.717) is 16.8 Å². The van der Waals surface area contributed by atoms with Gasteiger partial charge in [0.25, 0.3) is 5.91 Å². The van der Waals surface area contributed by atoms with Gasteiger partial charge in [-0.2, -0.15) is 0 Å². The van der Waals surface area contributed by atoms with Gasteiger partial charge in [0.15, 0.2) is 5.78 Å². The van der Waals surface area contributed by atoms with E-state index in [4.69, 9.17) is 5.73 Å². The molecule has 0 saturated heterocycles. The van der Waals surface area contributed by atoms with Crippen LogP contribution >= 0.6 is 0 Å². The maximum atomic E-state index is 12.0.